The van der Waals surface area contributed by atoms with E-state index < -0.39 is 89.6 Å². The van der Waals surface area contributed by atoms with E-state index in [-0.39, 0.29) is 12.8 Å². The number of phosphoric acid groups is 2. The number of rotatable bonds is 40. The highest BCUT2D eigenvalue weighted by Crippen LogP contribution is 2.49. The van der Waals surface area contributed by atoms with Gasteiger partial charge in [-0.25, -0.2) is 9.13 Å². The normalized spacial score (nSPS) is 22.4. The maximum absolute atomic E-state index is 13.0. The minimum absolute atomic E-state index is 0.0513. The number of aliphatic hydroxyl groups is 5. The first-order valence-corrected chi connectivity index (χ1v) is 27.3. The summed E-state index contributed by atoms with van der Waals surface area (Å²) in [5.74, 6) is -1.29. The van der Waals surface area contributed by atoms with Crippen molar-refractivity contribution in [3.05, 3.63) is 48.6 Å². The summed E-state index contributed by atoms with van der Waals surface area (Å²) in [6.07, 6.45) is 23.9. The van der Waals surface area contributed by atoms with Crippen LogP contribution in [0.15, 0.2) is 48.6 Å². The van der Waals surface area contributed by atoms with Crippen molar-refractivity contribution >= 4 is 27.6 Å². The van der Waals surface area contributed by atoms with E-state index in [9.17, 15) is 58.9 Å². The SMILES string of the molecule is CCCCCCCCCCCCCCCCCC(=O)OC[C@H](COP(=O)(O)O[C@H]1C(O)C(O)C(O)[C@@H](OP(=O)(O)O)C1O)OC(=O)CCC/C=C\C/C=C\C/C=C\C=C\[C@@H](O)CCCCC. The molecule has 0 aromatic rings. The number of hydrogen-bond donors (Lipinski definition) is 8. The molecule has 19 heteroatoms. The minimum Gasteiger partial charge on any atom is -0.462 e. The minimum atomic E-state index is -5.38. The van der Waals surface area contributed by atoms with Gasteiger partial charge < -0.3 is 49.7 Å². The van der Waals surface area contributed by atoms with Gasteiger partial charge in [-0.3, -0.25) is 23.2 Å². The number of carbonyl (C=O) groups is 2. The lowest BCUT2D eigenvalue weighted by Crippen LogP contribution is -2.64. The van der Waals surface area contributed by atoms with E-state index >= 15 is 0 Å². The van der Waals surface area contributed by atoms with Crippen LogP contribution in [0.1, 0.15) is 174 Å². The number of phosphoric ester groups is 2. The van der Waals surface area contributed by atoms with Crippen LogP contribution in [0.5, 0.6) is 0 Å². The Bertz CT molecular complexity index is 1480. The Balaban J connectivity index is 2.64. The first-order chi connectivity index (χ1) is 31.5. The zero-order valence-electron chi connectivity index (χ0n) is 39.5. The van der Waals surface area contributed by atoms with E-state index in [0.717, 1.165) is 57.8 Å². The monoisotopic (exact) mass is 983 g/mol. The van der Waals surface area contributed by atoms with Gasteiger partial charge in [0.2, 0.25) is 0 Å². The van der Waals surface area contributed by atoms with Crippen LogP contribution in [-0.4, -0.2) is 114 Å². The first-order valence-electron chi connectivity index (χ1n) is 24.3. The van der Waals surface area contributed by atoms with Crippen molar-refractivity contribution in [1.82, 2.24) is 0 Å². The maximum Gasteiger partial charge on any atom is 0.472 e. The molecule has 17 nitrogen and oxygen atoms in total. The van der Waals surface area contributed by atoms with Crippen LogP contribution < -0.4 is 0 Å². The smallest absolute Gasteiger partial charge is 0.462 e. The van der Waals surface area contributed by atoms with Gasteiger partial charge in [0, 0.05) is 12.8 Å². The third kappa shape index (κ3) is 31.9. The van der Waals surface area contributed by atoms with Gasteiger partial charge in [-0.1, -0.05) is 172 Å². The van der Waals surface area contributed by atoms with Crippen molar-refractivity contribution in [2.24, 2.45) is 0 Å². The van der Waals surface area contributed by atoms with Gasteiger partial charge in [0.25, 0.3) is 0 Å². The molecule has 0 bridgehead atoms. The molecule has 0 heterocycles. The molecule has 9 atom stereocenters. The second kappa shape index (κ2) is 37.8. The summed E-state index contributed by atoms with van der Waals surface area (Å²) >= 11 is 0. The largest absolute Gasteiger partial charge is 0.472 e. The Morgan fingerprint density at radius 2 is 1.06 bits per heavy atom. The molecular formula is C47H84O17P2. The van der Waals surface area contributed by atoms with E-state index in [0.29, 0.717) is 25.7 Å². The molecule has 0 aromatic heterocycles. The molecule has 66 heavy (non-hydrogen) atoms. The highest BCUT2D eigenvalue weighted by molar-refractivity contribution is 7.47. The highest BCUT2D eigenvalue weighted by atomic mass is 31.2. The van der Waals surface area contributed by atoms with E-state index in [1.807, 2.05) is 42.5 Å². The van der Waals surface area contributed by atoms with E-state index in [1.54, 1.807) is 6.08 Å². The second-order valence-electron chi connectivity index (χ2n) is 17.0. The molecule has 0 aliphatic heterocycles. The van der Waals surface area contributed by atoms with Crippen LogP contribution >= 0.6 is 15.6 Å². The fraction of sp³-hybridized carbons (Fsp3) is 0.787. The molecule has 0 saturated heterocycles. The molecule has 8 N–H and O–H groups in total. The zero-order chi connectivity index (χ0) is 49.1. The van der Waals surface area contributed by atoms with E-state index in [1.165, 1.54) is 64.2 Å². The summed E-state index contributed by atoms with van der Waals surface area (Å²) in [5.41, 5.74) is 0. The number of unbranched alkanes of at least 4 members (excludes halogenated alkanes) is 17. The standard InChI is InChI=1S/C47H84O17P2/c1-3-5-7-8-9-10-11-12-13-14-17-20-23-26-30-34-40(49)60-36-39(37-61-66(58,59)64-47-44(53)42(51)43(52)46(45(47)54)63-65(55,56)57)62-41(50)35-31-27-24-21-18-15-16-19-22-25-29-33-38(48)32-28-6-4-2/h15-16,21-22,24-25,29,33,38-39,42-48,51-54H,3-14,17-20,23,26-28,30-32,34-37H2,1-2H3,(H,58,59)(H2,55,56,57)/b16-15-,24-21-,25-22-,33-29+/t38-,39+,42?,43?,44?,45?,46+,47-/m0/s1. The van der Waals surface area contributed by atoms with Crippen molar-refractivity contribution in [3.63, 3.8) is 0 Å². The summed E-state index contributed by atoms with van der Waals surface area (Å²) in [6, 6.07) is 0. The van der Waals surface area contributed by atoms with Crippen LogP contribution in [0, 0.1) is 0 Å². The summed E-state index contributed by atoms with van der Waals surface area (Å²) in [4.78, 5) is 54.3. The second-order valence-corrected chi connectivity index (χ2v) is 19.6. The lowest BCUT2D eigenvalue weighted by atomic mass is 9.85. The van der Waals surface area contributed by atoms with Crippen LogP contribution in [0.2, 0.25) is 0 Å². The number of aliphatic hydroxyl groups excluding tert-OH is 5. The van der Waals surface area contributed by atoms with Crippen molar-refractivity contribution < 1.29 is 82.0 Å². The van der Waals surface area contributed by atoms with Crippen LogP contribution in [0.4, 0.5) is 0 Å². The predicted molar refractivity (Wildman–Crippen MR) is 252 cm³/mol. The van der Waals surface area contributed by atoms with Gasteiger partial charge in [-0.2, -0.15) is 0 Å². The Labute approximate surface area is 393 Å². The first kappa shape index (κ1) is 61.9. The Morgan fingerprint density at radius 1 is 0.561 bits per heavy atom. The number of carbonyl (C=O) groups excluding carboxylic acids is 2. The summed E-state index contributed by atoms with van der Waals surface area (Å²) < 4.78 is 49.3. The third-order valence-electron chi connectivity index (χ3n) is 11.0. The molecule has 0 amide bonds. The number of hydrogen-bond acceptors (Lipinski definition) is 14. The van der Waals surface area contributed by atoms with E-state index in [4.69, 9.17) is 18.5 Å². The molecule has 0 radical (unpaired) electrons. The highest BCUT2D eigenvalue weighted by Gasteiger charge is 2.54. The summed E-state index contributed by atoms with van der Waals surface area (Å²) in [7, 11) is -10.7. The van der Waals surface area contributed by atoms with Crippen molar-refractivity contribution in [3.8, 4) is 0 Å². The summed E-state index contributed by atoms with van der Waals surface area (Å²) in [6.45, 7) is 2.95. The fourth-order valence-electron chi connectivity index (χ4n) is 7.19. The maximum atomic E-state index is 13.0. The van der Waals surface area contributed by atoms with Crippen molar-refractivity contribution in [2.75, 3.05) is 13.2 Å². The molecule has 0 aromatic carbocycles. The lowest BCUT2D eigenvalue weighted by molar-refractivity contribution is -0.216. The number of esters is 2. The van der Waals surface area contributed by atoms with Gasteiger partial charge in [0.05, 0.1) is 12.7 Å². The lowest BCUT2D eigenvalue weighted by Gasteiger charge is -2.43. The van der Waals surface area contributed by atoms with Crippen LogP contribution in [-0.2, 0) is 41.8 Å². The zero-order valence-corrected chi connectivity index (χ0v) is 41.3. The Morgan fingerprint density at radius 3 is 1.64 bits per heavy atom. The van der Waals surface area contributed by atoms with Gasteiger partial charge in [-0.05, 0) is 38.5 Å². The molecule has 1 aliphatic rings. The molecule has 1 rings (SSSR count). The van der Waals surface area contributed by atoms with Gasteiger partial charge in [-0.15, -0.1) is 0 Å². The number of ether oxygens (including phenoxy) is 2. The van der Waals surface area contributed by atoms with Crippen molar-refractivity contribution in [1.29, 1.82) is 0 Å². The molecule has 1 fully saturated rings. The Kier molecular flexibility index (Phi) is 35.4. The average Bonchev–Trinajstić information content (AvgIpc) is 3.26. The molecule has 1 aliphatic carbocycles. The van der Waals surface area contributed by atoms with Gasteiger partial charge >= 0.3 is 27.6 Å². The van der Waals surface area contributed by atoms with Crippen molar-refractivity contribution in [2.45, 2.75) is 223 Å². The quantitative estimate of drug-likeness (QED) is 0.00943. The average molecular weight is 983 g/mol. The Hall–Kier alpha value is -2.08. The molecular weight excluding hydrogens is 898 g/mol. The molecule has 1 saturated carbocycles. The topological polar surface area (TPSA) is 276 Å². The van der Waals surface area contributed by atoms with E-state index in [2.05, 4.69) is 18.4 Å². The molecule has 384 valence electrons. The van der Waals surface area contributed by atoms with Gasteiger partial charge in [0.15, 0.2) is 6.10 Å². The fourth-order valence-corrected chi connectivity index (χ4v) is 8.73. The van der Waals surface area contributed by atoms with Crippen LogP contribution in [0.25, 0.3) is 0 Å². The summed E-state index contributed by atoms with van der Waals surface area (Å²) in [5, 5.41) is 51.2. The third-order valence-corrected chi connectivity index (χ3v) is 12.5. The number of allylic oxidation sites excluding steroid dienone is 7. The van der Waals surface area contributed by atoms with Crippen LogP contribution in [0.3, 0.4) is 0 Å². The van der Waals surface area contributed by atoms with Gasteiger partial charge in [0.1, 0.15) is 43.2 Å². The molecule has 5 unspecified atom stereocenters. The predicted octanol–water partition coefficient (Wildman–Crippen LogP) is 8.26. The molecule has 0 spiro atoms.